The molecule has 0 amide bonds. The van der Waals surface area contributed by atoms with Gasteiger partial charge in [-0.05, 0) is 37.8 Å². The second-order valence-corrected chi connectivity index (χ2v) is 6.44. The van der Waals surface area contributed by atoms with Crippen LogP contribution >= 0.6 is 0 Å². The number of aromatic nitrogens is 4. The van der Waals surface area contributed by atoms with E-state index in [0.29, 0.717) is 23.8 Å². The van der Waals surface area contributed by atoms with Crippen molar-refractivity contribution < 1.29 is 4.74 Å². The zero-order valence-corrected chi connectivity index (χ0v) is 14.2. The van der Waals surface area contributed by atoms with Gasteiger partial charge >= 0.3 is 0 Å². The molecule has 0 aliphatic heterocycles. The van der Waals surface area contributed by atoms with E-state index in [-0.39, 0.29) is 0 Å². The molecule has 4 rings (SSSR count). The molecule has 0 saturated heterocycles. The van der Waals surface area contributed by atoms with Gasteiger partial charge in [0.1, 0.15) is 11.3 Å². The molecule has 1 fully saturated rings. The summed E-state index contributed by atoms with van der Waals surface area (Å²) in [5.41, 5.74) is 8.46. The first-order valence-corrected chi connectivity index (χ1v) is 8.60. The Bertz CT molecular complexity index is 869. The van der Waals surface area contributed by atoms with Crippen LogP contribution in [0.15, 0.2) is 36.8 Å². The van der Waals surface area contributed by atoms with E-state index in [2.05, 4.69) is 15.3 Å². The molecule has 0 radical (unpaired) electrons. The lowest BCUT2D eigenvalue weighted by atomic mass is 9.92. The molecule has 25 heavy (non-hydrogen) atoms. The van der Waals surface area contributed by atoms with Gasteiger partial charge in [-0.15, -0.1) is 0 Å². The summed E-state index contributed by atoms with van der Waals surface area (Å²) in [7, 11) is 1.63. The number of fused-ring (bicyclic) bond motifs is 1. The van der Waals surface area contributed by atoms with Gasteiger partial charge in [0.05, 0.1) is 25.2 Å². The Balaban J connectivity index is 1.67. The Hall–Kier alpha value is -2.67. The second kappa shape index (κ2) is 6.68. The van der Waals surface area contributed by atoms with E-state index in [1.807, 2.05) is 35.0 Å². The van der Waals surface area contributed by atoms with E-state index in [4.69, 9.17) is 15.5 Å². The predicted octanol–water partition coefficient (Wildman–Crippen LogP) is 2.48. The van der Waals surface area contributed by atoms with Crippen LogP contribution in [0.5, 0.6) is 5.75 Å². The molecule has 1 aliphatic rings. The van der Waals surface area contributed by atoms with E-state index in [0.717, 1.165) is 42.7 Å². The molecule has 0 aromatic carbocycles. The molecule has 7 nitrogen and oxygen atoms in total. The number of anilines is 1. The summed E-state index contributed by atoms with van der Waals surface area (Å²) >= 11 is 0. The minimum atomic E-state index is 0.323. The summed E-state index contributed by atoms with van der Waals surface area (Å²) in [4.78, 5) is 13.6. The Labute approximate surface area is 146 Å². The minimum absolute atomic E-state index is 0.323. The van der Waals surface area contributed by atoms with Gasteiger partial charge in [0.2, 0.25) is 5.95 Å². The SMILES string of the molecule is COc1cnc(NC2CCC(N)CC2)nc1-c1cnc2ccccn12. The van der Waals surface area contributed by atoms with Crippen LogP contribution in [-0.4, -0.2) is 38.5 Å². The summed E-state index contributed by atoms with van der Waals surface area (Å²) in [6.45, 7) is 0. The third-order valence-corrected chi connectivity index (χ3v) is 4.74. The number of nitrogens with one attached hydrogen (secondary N) is 1. The van der Waals surface area contributed by atoms with E-state index >= 15 is 0 Å². The van der Waals surface area contributed by atoms with E-state index in [9.17, 15) is 0 Å². The van der Waals surface area contributed by atoms with Crippen molar-refractivity contribution in [1.29, 1.82) is 0 Å². The lowest BCUT2D eigenvalue weighted by molar-refractivity contribution is 0.407. The van der Waals surface area contributed by atoms with Crippen LogP contribution in [0.2, 0.25) is 0 Å². The maximum Gasteiger partial charge on any atom is 0.223 e. The molecular weight excluding hydrogens is 316 g/mol. The monoisotopic (exact) mass is 338 g/mol. The lowest BCUT2D eigenvalue weighted by Crippen LogP contribution is -2.33. The standard InChI is InChI=1S/C18H22N6O/c1-25-15-11-21-18(22-13-7-5-12(19)6-8-13)23-17(15)14-10-20-16-4-2-3-9-24(14)16/h2-4,9-13H,5-8,19H2,1H3,(H,21,22,23). The fourth-order valence-electron chi connectivity index (χ4n) is 3.33. The van der Waals surface area contributed by atoms with Gasteiger partial charge in [0.15, 0.2) is 5.75 Å². The summed E-state index contributed by atoms with van der Waals surface area (Å²) in [6.07, 6.45) is 9.64. The van der Waals surface area contributed by atoms with E-state index in [1.54, 1.807) is 13.3 Å². The van der Waals surface area contributed by atoms with Gasteiger partial charge in [-0.1, -0.05) is 6.07 Å². The van der Waals surface area contributed by atoms with Crippen molar-refractivity contribution in [3.63, 3.8) is 0 Å². The van der Waals surface area contributed by atoms with Gasteiger partial charge in [-0.25, -0.2) is 15.0 Å². The van der Waals surface area contributed by atoms with Crippen LogP contribution in [-0.2, 0) is 0 Å². The molecule has 130 valence electrons. The van der Waals surface area contributed by atoms with Crippen molar-refractivity contribution in [1.82, 2.24) is 19.4 Å². The van der Waals surface area contributed by atoms with Crippen molar-refractivity contribution >= 4 is 11.6 Å². The number of hydrogen-bond acceptors (Lipinski definition) is 6. The fourth-order valence-corrected chi connectivity index (χ4v) is 3.33. The molecule has 0 unspecified atom stereocenters. The normalized spacial score (nSPS) is 20.6. The van der Waals surface area contributed by atoms with Gasteiger partial charge in [0, 0.05) is 18.3 Å². The molecule has 0 bridgehead atoms. The number of rotatable bonds is 4. The zero-order chi connectivity index (χ0) is 17.2. The van der Waals surface area contributed by atoms with Gasteiger partial charge in [-0.3, -0.25) is 4.40 Å². The molecule has 1 saturated carbocycles. The molecule has 7 heteroatoms. The summed E-state index contributed by atoms with van der Waals surface area (Å²) < 4.78 is 7.46. The Morgan fingerprint density at radius 1 is 1.16 bits per heavy atom. The number of pyridine rings is 1. The number of methoxy groups -OCH3 is 1. The summed E-state index contributed by atoms with van der Waals surface area (Å²) in [5, 5.41) is 3.44. The molecule has 3 N–H and O–H groups in total. The number of nitrogens with two attached hydrogens (primary N) is 1. The highest BCUT2D eigenvalue weighted by molar-refractivity contribution is 5.66. The third kappa shape index (κ3) is 3.15. The average molecular weight is 338 g/mol. The highest BCUT2D eigenvalue weighted by atomic mass is 16.5. The smallest absolute Gasteiger partial charge is 0.223 e. The van der Waals surface area contributed by atoms with Crippen molar-refractivity contribution in [2.45, 2.75) is 37.8 Å². The largest absolute Gasteiger partial charge is 0.493 e. The summed E-state index contributed by atoms with van der Waals surface area (Å²) in [6, 6.07) is 6.58. The third-order valence-electron chi connectivity index (χ3n) is 4.74. The number of imidazole rings is 1. The van der Waals surface area contributed by atoms with Crippen molar-refractivity contribution in [2.75, 3.05) is 12.4 Å². The first-order chi connectivity index (χ1) is 12.2. The molecule has 0 spiro atoms. The van der Waals surface area contributed by atoms with Crippen LogP contribution in [0.25, 0.3) is 17.0 Å². The van der Waals surface area contributed by atoms with Crippen LogP contribution in [0.1, 0.15) is 25.7 Å². The first-order valence-electron chi connectivity index (χ1n) is 8.60. The minimum Gasteiger partial charge on any atom is -0.493 e. The van der Waals surface area contributed by atoms with E-state index < -0.39 is 0 Å². The maximum atomic E-state index is 5.98. The highest BCUT2D eigenvalue weighted by Crippen LogP contribution is 2.29. The Kier molecular flexibility index (Phi) is 4.23. The lowest BCUT2D eigenvalue weighted by Gasteiger charge is -2.26. The van der Waals surface area contributed by atoms with Gasteiger partial charge in [-0.2, -0.15) is 0 Å². The average Bonchev–Trinajstić information content (AvgIpc) is 3.07. The molecule has 3 aromatic heterocycles. The molecule has 3 aromatic rings. The maximum absolute atomic E-state index is 5.98. The second-order valence-electron chi connectivity index (χ2n) is 6.44. The number of ether oxygens (including phenoxy) is 1. The quantitative estimate of drug-likeness (QED) is 0.759. The predicted molar refractivity (Wildman–Crippen MR) is 96.6 cm³/mol. The fraction of sp³-hybridized carbons (Fsp3) is 0.389. The van der Waals surface area contributed by atoms with E-state index in [1.165, 1.54) is 0 Å². The topological polar surface area (TPSA) is 90.4 Å². The van der Waals surface area contributed by atoms with Crippen molar-refractivity contribution in [2.24, 2.45) is 5.73 Å². The Morgan fingerprint density at radius 2 is 2.00 bits per heavy atom. The summed E-state index contributed by atoms with van der Waals surface area (Å²) in [5.74, 6) is 1.24. The number of hydrogen-bond donors (Lipinski definition) is 2. The first kappa shape index (κ1) is 15.8. The number of nitrogens with zero attached hydrogens (tertiary/aromatic N) is 4. The Morgan fingerprint density at radius 3 is 2.80 bits per heavy atom. The van der Waals surface area contributed by atoms with Gasteiger partial charge < -0.3 is 15.8 Å². The molecule has 3 heterocycles. The van der Waals surface area contributed by atoms with Crippen LogP contribution in [0.4, 0.5) is 5.95 Å². The van der Waals surface area contributed by atoms with Crippen molar-refractivity contribution in [3.05, 3.63) is 36.8 Å². The molecule has 0 atom stereocenters. The highest BCUT2D eigenvalue weighted by Gasteiger charge is 2.20. The van der Waals surface area contributed by atoms with Crippen LogP contribution in [0.3, 0.4) is 0 Å². The molecule has 1 aliphatic carbocycles. The van der Waals surface area contributed by atoms with Crippen LogP contribution in [0, 0.1) is 0 Å². The molecular formula is C18H22N6O. The van der Waals surface area contributed by atoms with Gasteiger partial charge in [0.25, 0.3) is 0 Å². The van der Waals surface area contributed by atoms with Crippen LogP contribution < -0.4 is 15.8 Å². The zero-order valence-electron chi connectivity index (χ0n) is 14.2. The van der Waals surface area contributed by atoms with Crippen molar-refractivity contribution in [3.8, 4) is 17.1 Å².